The molecule has 0 aliphatic heterocycles. The average molecular weight is 270 g/mol. The maximum absolute atomic E-state index is 13.7. The van der Waals surface area contributed by atoms with Gasteiger partial charge in [-0.1, -0.05) is 12.2 Å². The summed E-state index contributed by atoms with van der Waals surface area (Å²) < 4.78 is 36.7. The molecule has 3 nitrogen and oxygen atoms in total. The van der Waals surface area contributed by atoms with Gasteiger partial charge in [0.15, 0.2) is 11.6 Å². The molecule has 0 unspecified atom stereocenters. The average Bonchev–Trinajstić information content (AvgIpc) is 2.20. The molecular weight excluding hydrogens is 254 g/mol. The van der Waals surface area contributed by atoms with Crippen molar-refractivity contribution < 1.29 is 23.0 Å². The van der Waals surface area contributed by atoms with Crippen molar-refractivity contribution in [2.24, 2.45) is 0 Å². The lowest BCUT2D eigenvalue weighted by Gasteiger charge is -2.19. The summed E-state index contributed by atoms with van der Waals surface area (Å²) in [6.45, 7) is 10.0. The van der Waals surface area contributed by atoms with E-state index < -0.39 is 29.1 Å². The lowest BCUT2D eigenvalue weighted by molar-refractivity contribution is 0.0189. The van der Waals surface area contributed by atoms with Crippen molar-refractivity contribution in [3.63, 3.8) is 0 Å². The second kappa shape index (κ2) is 5.38. The minimum atomic E-state index is -1.16. The molecule has 19 heavy (non-hydrogen) atoms. The first-order valence-electron chi connectivity index (χ1n) is 5.66. The van der Waals surface area contributed by atoms with Crippen LogP contribution in [-0.2, 0) is 4.74 Å². The number of rotatable bonds is 2. The molecule has 0 aliphatic carbocycles. The van der Waals surface area contributed by atoms with Gasteiger partial charge in [-0.3, -0.25) is 0 Å². The monoisotopic (exact) mass is 270 g/mol. The Labute approximate surface area is 110 Å². The summed E-state index contributed by atoms with van der Waals surface area (Å²) in [6, 6.07) is 2.09. The van der Waals surface area contributed by atoms with Crippen LogP contribution in [0.15, 0.2) is 18.7 Å². The zero-order chi connectivity index (χ0) is 14.8. The topological polar surface area (TPSA) is 35.5 Å². The third-order valence-corrected chi connectivity index (χ3v) is 2.07. The molecule has 0 bridgehead atoms. The van der Waals surface area contributed by atoms with Crippen molar-refractivity contribution in [3.8, 4) is 5.75 Å². The Balaban J connectivity index is 2.97. The highest BCUT2D eigenvalue weighted by Gasteiger charge is 2.22. The molecule has 0 saturated carbocycles. The van der Waals surface area contributed by atoms with Crippen molar-refractivity contribution in [2.75, 3.05) is 0 Å². The predicted octanol–water partition coefficient (Wildman–Crippen LogP) is 4.31. The molecule has 0 N–H and O–H groups in total. The highest BCUT2D eigenvalue weighted by Crippen LogP contribution is 2.26. The first-order chi connectivity index (χ1) is 8.60. The molecule has 0 saturated heterocycles. The molecule has 0 aromatic heterocycles. The molecule has 104 valence electrons. The second-order valence-electron chi connectivity index (χ2n) is 5.12. The lowest BCUT2D eigenvalue weighted by atomic mass is 10.1. The number of hydrogen-bond donors (Lipinski definition) is 0. The molecule has 0 radical (unpaired) electrons. The Morgan fingerprint density at radius 1 is 1.21 bits per heavy atom. The number of allylic oxidation sites excluding steroid dienone is 1. The minimum absolute atomic E-state index is 0.298. The van der Waals surface area contributed by atoms with Gasteiger partial charge in [-0.25, -0.2) is 13.6 Å². The van der Waals surface area contributed by atoms with E-state index >= 15 is 0 Å². The number of carbonyl (C=O) groups is 1. The molecule has 1 rings (SSSR count). The highest BCUT2D eigenvalue weighted by molar-refractivity contribution is 5.66. The Morgan fingerprint density at radius 3 is 2.05 bits per heavy atom. The Bertz CT molecular complexity index is 493. The van der Waals surface area contributed by atoms with Gasteiger partial charge in [0, 0.05) is 0 Å². The van der Waals surface area contributed by atoms with Crippen molar-refractivity contribution in [1.29, 1.82) is 0 Å². The van der Waals surface area contributed by atoms with Gasteiger partial charge in [-0.05, 0) is 45.4 Å². The molecule has 0 aliphatic rings. The number of halogens is 2. The van der Waals surface area contributed by atoms with Crippen LogP contribution in [0.3, 0.4) is 0 Å². The van der Waals surface area contributed by atoms with Gasteiger partial charge < -0.3 is 9.47 Å². The third-order valence-electron chi connectivity index (χ3n) is 2.07. The summed E-state index contributed by atoms with van der Waals surface area (Å²) in [5, 5.41) is 0. The standard InChI is InChI=1S/C14H16F2O3/c1-8(2)9-6-10(15)12(11(16)7-9)18-13(17)19-14(3,4)5/h6-7H,1H2,2-5H3. The van der Waals surface area contributed by atoms with Crippen LogP contribution in [0.1, 0.15) is 33.3 Å². The zero-order valence-corrected chi connectivity index (χ0v) is 11.3. The molecule has 1 aromatic carbocycles. The van der Waals surface area contributed by atoms with Crippen LogP contribution in [0.2, 0.25) is 0 Å². The van der Waals surface area contributed by atoms with Crippen LogP contribution in [-0.4, -0.2) is 11.8 Å². The van der Waals surface area contributed by atoms with Crippen LogP contribution >= 0.6 is 0 Å². The molecular formula is C14H16F2O3. The summed E-state index contributed by atoms with van der Waals surface area (Å²) in [5.41, 5.74) is -0.00467. The molecule has 0 fully saturated rings. The van der Waals surface area contributed by atoms with E-state index in [9.17, 15) is 13.6 Å². The SMILES string of the molecule is C=C(C)c1cc(F)c(OC(=O)OC(C)(C)C)c(F)c1. The molecule has 0 amide bonds. The van der Waals surface area contributed by atoms with Gasteiger partial charge in [0.05, 0.1) is 0 Å². The molecule has 0 spiro atoms. The van der Waals surface area contributed by atoms with Gasteiger partial charge in [-0.15, -0.1) is 0 Å². The van der Waals surface area contributed by atoms with Crippen molar-refractivity contribution in [1.82, 2.24) is 0 Å². The Morgan fingerprint density at radius 2 is 1.68 bits per heavy atom. The maximum Gasteiger partial charge on any atom is 0.514 e. The van der Waals surface area contributed by atoms with Gasteiger partial charge in [0.1, 0.15) is 5.60 Å². The largest absolute Gasteiger partial charge is 0.514 e. The van der Waals surface area contributed by atoms with Gasteiger partial charge >= 0.3 is 6.16 Å². The number of hydrogen-bond acceptors (Lipinski definition) is 3. The Hall–Kier alpha value is -1.91. The number of carbonyl (C=O) groups excluding carboxylic acids is 1. The smallest absolute Gasteiger partial charge is 0.428 e. The van der Waals surface area contributed by atoms with Crippen LogP contribution in [0.25, 0.3) is 5.57 Å². The van der Waals surface area contributed by atoms with E-state index in [1.165, 1.54) is 0 Å². The summed E-state index contributed by atoms with van der Waals surface area (Å²) >= 11 is 0. The Kier molecular flexibility index (Phi) is 4.29. The minimum Gasteiger partial charge on any atom is -0.428 e. The fourth-order valence-corrected chi connectivity index (χ4v) is 1.26. The van der Waals surface area contributed by atoms with Gasteiger partial charge in [0.25, 0.3) is 0 Å². The summed E-state index contributed by atoms with van der Waals surface area (Å²) in [5.74, 6) is -2.74. The first kappa shape index (κ1) is 15.1. The summed E-state index contributed by atoms with van der Waals surface area (Å²) in [7, 11) is 0. The zero-order valence-electron chi connectivity index (χ0n) is 11.3. The summed E-state index contributed by atoms with van der Waals surface area (Å²) in [6.07, 6.45) is -1.16. The van der Waals surface area contributed by atoms with Crippen LogP contribution in [0.5, 0.6) is 5.75 Å². The van der Waals surface area contributed by atoms with E-state index in [1.54, 1.807) is 27.7 Å². The van der Waals surface area contributed by atoms with Crippen LogP contribution < -0.4 is 4.74 Å². The summed E-state index contributed by atoms with van der Waals surface area (Å²) in [4.78, 5) is 11.4. The second-order valence-corrected chi connectivity index (χ2v) is 5.12. The van der Waals surface area contributed by atoms with E-state index in [1.807, 2.05) is 0 Å². The van der Waals surface area contributed by atoms with Crippen LogP contribution in [0.4, 0.5) is 13.6 Å². The third kappa shape index (κ3) is 4.35. The fraction of sp³-hybridized carbons (Fsp3) is 0.357. The van der Waals surface area contributed by atoms with Crippen molar-refractivity contribution in [2.45, 2.75) is 33.3 Å². The van der Waals surface area contributed by atoms with E-state index in [4.69, 9.17) is 4.74 Å². The van der Waals surface area contributed by atoms with E-state index in [0.29, 0.717) is 11.1 Å². The molecule has 0 heterocycles. The van der Waals surface area contributed by atoms with Gasteiger partial charge in [-0.2, -0.15) is 0 Å². The highest BCUT2D eigenvalue weighted by atomic mass is 19.1. The number of benzene rings is 1. The molecule has 1 aromatic rings. The van der Waals surface area contributed by atoms with Crippen LogP contribution in [0, 0.1) is 11.6 Å². The van der Waals surface area contributed by atoms with Gasteiger partial charge in [0.2, 0.25) is 5.75 Å². The predicted molar refractivity (Wildman–Crippen MR) is 67.9 cm³/mol. The van der Waals surface area contributed by atoms with Crippen molar-refractivity contribution >= 4 is 11.7 Å². The maximum atomic E-state index is 13.7. The van der Waals surface area contributed by atoms with E-state index in [0.717, 1.165) is 12.1 Å². The quantitative estimate of drug-likeness (QED) is 0.593. The molecule has 0 atom stereocenters. The normalized spacial score (nSPS) is 11.1. The lowest BCUT2D eigenvalue weighted by Crippen LogP contribution is -2.26. The van der Waals surface area contributed by atoms with E-state index in [-0.39, 0.29) is 0 Å². The number of ether oxygens (including phenoxy) is 2. The molecule has 5 heteroatoms. The van der Waals surface area contributed by atoms with Crippen molar-refractivity contribution in [3.05, 3.63) is 35.9 Å². The first-order valence-corrected chi connectivity index (χ1v) is 5.66. The van der Waals surface area contributed by atoms with E-state index in [2.05, 4.69) is 11.3 Å². The fourth-order valence-electron chi connectivity index (χ4n) is 1.26.